The van der Waals surface area contributed by atoms with Gasteiger partial charge in [0, 0.05) is 0 Å². The van der Waals surface area contributed by atoms with Gasteiger partial charge in [-0.15, -0.1) is 0 Å². The van der Waals surface area contributed by atoms with Gasteiger partial charge in [0.1, 0.15) is 0 Å². The molecule has 2 aromatic carbocycles. The second-order valence-corrected chi connectivity index (χ2v) is 4.90. The predicted molar refractivity (Wildman–Crippen MR) is 76.3 cm³/mol. The molecule has 0 N–H and O–H groups in total. The minimum Gasteiger partial charge on any atom is -0.166 e. The van der Waals surface area contributed by atoms with Gasteiger partial charge < -0.3 is 0 Å². The third-order valence-electron chi connectivity index (χ3n) is 3.18. The monoisotopic (exact) mass is 276 g/mol. The number of hydrogen-bond donors (Lipinski definition) is 0. The van der Waals surface area contributed by atoms with Gasteiger partial charge in [-0.05, 0) is 36.6 Å². The fourth-order valence-corrected chi connectivity index (χ4v) is 2.03. The lowest BCUT2D eigenvalue weighted by atomic mass is 9.95. The molecule has 2 aromatic rings. The van der Waals surface area contributed by atoms with E-state index in [9.17, 15) is 13.2 Å². The molecule has 0 atom stereocenters. The zero-order chi connectivity index (χ0) is 14.9. The topological polar surface area (TPSA) is 0 Å². The Hall–Kier alpha value is -2.03. The maximum Gasteiger partial charge on any atom is 0.417 e. The fraction of sp³-hybridized carbons (Fsp3) is 0.176. The van der Waals surface area contributed by atoms with E-state index in [1.807, 2.05) is 19.1 Å². The van der Waals surface area contributed by atoms with Crippen LogP contribution >= 0.6 is 0 Å². The SMILES string of the molecule is C=C(C)c1ccc(-c2ccc(C)cc2)c(C(F)(F)F)c1. The summed E-state index contributed by atoms with van der Waals surface area (Å²) in [6.07, 6.45) is -4.38. The molecular formula is C17H15F3. The van der Waals surface area contributed by atoms with Crippen molar-refractivity contribution in [1.82, 2.24) is 0 Å². The van der Waals surface area contributed by atoms with Gasteiger partial charge in [0.25, 0.3) is 0 Å². The summed E-state index contributed by atoms with van der Waals surface area (Å²) >= 11 is 0. The summed E-state index contributed by atoms with van der Waals surface area (Å²) in [7, 11) is 0. The summed E-state index contributed by atoms with van der Waals surface area (Å²) in [6, 6.07) is 11.4. The van der Waals surface area contributed by atoms with Crippen LogP contribution in [0, 0.1) is 6.92 Å². The smallest absolute Gasteiger partial charge is 0.166 e. The highest BCUT2D eigenvalue weighted by molar-refractivity contribution is 5.72. The van der Waals surface area contributed by atoms with Gasteiger partial charge in [-0.2, -0.15) is 13.2 Å². The molecule has 0 aliphatic heterocycles. The lowest BCUT2D eigenvalue weighted by molar-refractivity contribution is -0.137. The number of halogens is 3. The van der Waals surface area contributed by atoms with Crippen molar-refractivity contribution in [1.29, 1.82) is 0 Å². The van der Waals surface area contributed by atoms with Crippen molar-refractivity contribution in [2.75, 3.05) is 0 Å². The Kier molecular flexibility index (Phi) is 3.71. The lowest BCUT2D eigenvalue weighted by Gasteiger charge is -2.15. The van der Waals surface area contributed by atoms with Crippen molar-refractivity contribution in [2.24, 2.45) is 0 Å². The summed E-state index contributed by atoms with van der Waals surface area (Å²) < 4.78 is 39.7. The molecule has 0 spiro atoms. The minimum atomic E-state index is -4.38. The first-order chi connectivity index (χ1) is 9.29. The maximum atomic E-state index is 13.2. The molecule has 0 unspecified atom stereocenters. The van der Waals surface area contributed by atoms with Gasteiger partial charge in [-0.1, -0.05) is 54.1 Å². The molecule has 2 rings (SSSR count). The molecule has 0 amide bonds. The van der Waals surface area contributed by atoms with Crippen LogP contribution in [-0.2, 0) is 6.18 Å². The lowest BCUT2D eigenvalue weighted by Crippen LogP contribution is -2.07. The Morgan fingerprint density at radius 3 is 2.10 bits per heavy atom. The van der Waals surface area contributed by atoms with Crippen LogP contribution in [0.4, 0.5) is 13.2 Å². The highest BCUT2D eigenvalue weighted by atomic mass is 19.4. The zero-order valence-corrected chi connectivity index (χ0v) is 11.4. The quantitative estimate of drug-likeness (QED) is 0.658. The Morgan fingerprint density at radius 2 is 1.60 bits per heavy atom. The van der Waals surface area contributed by atoms with Crippen molar-refractivity contribution >= 4 is 5.57 Å². The molecule has 0 radical (unpaired) electrons. The van der Waals surface area contributed by atoms with E-state index in [2.05, 4.69) is 6.58 Å². The Labute approximate surface area is 116 Å². The van der Waals surface area contributed by atoms with Gasteiger partial charge in [0.05, 0.1) is 5.56 Å². The number of allylic oxidation sites excluding steroid dienone is 1. The summed E-state index contributed by atoms with van der Waals surface area (Å²) in [4.78, 5) is 0. The summed E-state index contributed by atoms with van der Waals surface area (Å²) in [5, 5.41) is 0. The highest BCUT2D eigenvalue weighted by Crippen LogP contribution is 2.38. The summed E-state index contributed by atoms with van der Waals surface area (Å²) in [6.45, 7) is 7.29. The predicted octanol–water partition coefficient (Wildman–Crippen LogP) is 5.71. The molecular weight excluding hydrogens is 261 g/mol. The van der Waals surface area contributed by atoms with Gasteiger partial charge >= 0.3 is 6.18 Å². The largest absolute Gasteiger partial charge is 0.417 e. The van der Waals surface area contributed by atoms with Gasteiger partial charge in [-0.3, -0.25) is 0 Å². The van der Waals surface area contributed by atoms with Crippen molar-refractivity contribution in [3.8, 4) is 11.1 Å². The number of rotatable bonds is 2. The molecule has 0 heterocycles. The maximum absolute atomic E-state index is 13.2. The standard InChI is InChI=1S/C17H15F3/c1-11(2)14-8-9-15(16(10-14)17(18,19)20)13-6-4-12(3)5-7-13/h4-10H,1H2,2-3H3. The third kappa shape index (κ3) is 2.93. The van der Waals surface area contributed by atoms with E-state index < -0.39 is 11.7 Å². The molecule has 0 aromatic heterocycles. The normalized spacial score (nSPS) is 11.4. The van der Waals surface area contributed by atoms with E-state index in [4.69, 9.17) is 0 Å². The van der Waals surface area contributed by atoms with Crippen LogP contribution in [0.25, 0.3) is 16.7 Å². The second-order valence-electron chi connectivity index (χ2n) is 4.90. The zero-order valence-electron chi connectivity index (χ0n) is 11.4. The molecule has 0 saturated heterocycles. The van der Waals surface area contributed by atoms with Crippen molar-refractivity contribution in [3.05, 3.63) is 65.7 Å². The van der Waals surface area contributed by atoms with Crippen molar-refractivity contribution in [3.63, 3.8) is 0 Å². The van der Waals surface area contributed by atoms with E-state index in [0.29, 0.717) is 16.7 Å². The molecule has 0 fully saturated rings. The number of benzene rings is 2. The Morgan fingerprint density at radius 1 is 1.00 bits per heavy atom. The number of hydrogen-bond acceptors (Lipinski definition) is 0. The number of alkyl halides is 3. The molecule has 3 heteroatoms. The molecule has 0 aliphatic carbocycles. The van der Waals surface area contributed by atoms with Crippen LogP contribution < -0.4 is 0 Å². The van der Waals surface area contributed by atoms with Gasteiger partial charge in [0.15, 0.2) is 0 Å². The molecule has 0 aliphatic rings. The molecule has 104 valence electrons. The van der Waals surface area contributed by atoms with Crippen LogP contribution in [0.15, 0.2) is 49.0 Å². The van der Waals surface area contributed by atoms with Gasteiger partial charge in [0.2, 0.25) is 0 Å². The van der Waals surface area contributed by atoms with E-state index in [-0.39, 0.29) is 5.56 Å². The third-order valence-corrected chi connectivity index (χ3v) is 3.18. The summed E-state index contributed by atoms with van der Waals surface area (Å²) in [5.41, 5.74) is 2.28. The van der Waals surface area contributed by atoms with Crippen LogP contribution in [0.1, 0.15) is 23.6 Å². The Bertz CT molecular complexity index is 634. The first-order valence-electron chi connectivity index (χ1n) is 6.23. The first kappa shape index (κ1) is 14.4. The van der Waals surface area contributed by atoms with E-state index in [1.165, 1.54) is 6.07 Å². The van der Waals surface area contributed by atoms with Crippen LogP contribution in [0.5, 0.6) is 0 Å². The van der Waals surface area contributed by atoms with Crippen molar-refractivity contribution < 1.29 is 13.2 Å². The number of aryl methyl sites for hydroxylation is 1. The average Bonchev–Trinajstić information content (AvgIpc) is 2.38. The van der Waals surface area contributed by atoms with E-state index in [1.54, 1.807) is 25.1 Å². The highest BCUT2D eigenvalue weighted by Gasteiger charge is 2.33. The fourth-order valence-electron chi connectivity index (χ4n) is 2.03. The van der Waals surface area contributed by atoms with Crippen molar-refractivity contribution in [2.45, 2.75) is 20.0 Å². The minimum absolute atomic E-state index is 0.197. The molecule has 0 saturated carbocycles. The summed E-state index contributed by atoms with van der Waals surface area (Å²) in [5.74, 6) is 0. The Balaban J connectivity index is 2.63. The van der Waals surface area contributed by atoms with Crippen LogP contribution in [-0.4, -0.2) is 0 Å². The molecule has 0 bridgehead atoms. The molecule has 0 nitrogen and oxygen atoms in total. The van der Waals surface area contributed by atoms with Gasteiger partial charge in [-0.25, -0.2) is 0 Å². The van der Waals surface area contributed by atoms with Crippen LogP contribution in [0.3, 0.4) is 0 Å². The van der Waals surface area contributed by atoms with E-state index >= 15 is 0 Å². The average molecular weight is 276 g/mol. The van der Waals surface area contributed by atoms with E-state index in [0.717, 1.165) is 11.6 Å². The molecule has 20 heavy (non-hydrogen) atoms. The second kappa shape index (κ2) is 5.16. The first-order valence-corrected chi connectivity index (χ1v) is 6.23. The van der Waals surface area contributed by atoms with Crippen LogP contribution in [0.2, 0.25) is 0 Å².